The van der Waals surface area contributed by atoms with Gasteiger partial charge in [-0.2, -0.15) is 0 Å². The Morgan fingerprint density at radius 3 is 2.92 bits per heavy atom. The van der Waals surface area contributed by atoms with E-state index in [0.717, 1.165) is 28.8 Å². The summed E-state index contributed by atoms with van der Waals surface area (Å²) in [4.78, 5) is 0. The van der Waals surface area contributed by atoms with Crippen LogP contribution in [0.4, 0.5) is 0 Å². The highest BCUT2D eigenvalue weighted by molar-refractivity contribution is 9.10. The quantitative estimate of drug-likeness (QED) is 0.881. The monoisotopic (exact) mass is 243 g/mol. The highest BCUT2D eigenvalue weighted by atomic mass is 79.9. The summed E-state index contributed by atoms with van der Waals surface area (Å²) < 4.78 is 6.25. The number of hydrogen-bond acceptors (Lipinski definition) is 2. The lowest BCUT2D eigenvalue weighted by Crippen LogP contribution is -1.96. The standard InChI is InChI=1S/C10H12BrO2/c1-2-6-13-9-5-3-4-8(7-12)10(9)11/h3-5,7,12H,2,6H2,1H3. The van der Waals surface area contributed by atoms with Gasteiger partial charge < -0.3 is 9.84 Å². The maximum Gasteiger partial charge on any atom is 0.133 e. The van der Waals surface area contributed by atoms with Crippen LogP contribution in [0.25, 0.3) is 0 Å². The summed E-state index contributed by atoms with van der Waals surface area (Å²) in [6.07, 6.45) is 0.972. The molecule has 3 heteroatoms. The van der Waals surface area contributed by atoms with Gasteiger partial charge in [-0.05, 0) is 28.4 Å². The molecule has 0 aromatic heterocycles. The van der Waals surface area contributed by atoms with Crippen molar-refractivity contribution in [1.82, 2.24) is 0 Å². The molecule has 1 rings (SSSR count). The van der Waals surface area contributed by atoms with Crippen LogP contribution in [-0.2, 0) is 0 Å². The van der Waals surface area contributed by atoms with E-state index in [1.807, 2.05) is 18.2 Å². The highest BCUT2D eigenvalue weighted by Crippen LogP contribution is 2.29. The number of benzene rings is 1. The van der Waals surface area contributed by atoms with Gasteiger partial charge in [0.1, 0.15) is 12.4 Å². The van der Waals surface area contributed by atoms with E-state index < -0.39 is 0 Å². The van der Waals surface area contributed by atoms with Gasteiger partial charge in [0, 0.05) is 5.56 Å². The normalized spacial score (nSPS) is 10.1. The Kier molecular flexibility index (Phi) is 4.25. The van der Waals surface area contributed by atoms with Crippen molar-refractivity contribution in [1.29, 1.82) is 0 Å². The molecule has 1 aromatic carbocycles. The maximum atomic E-state index is 8.86. The lowest BCUT2D eigenvalue weighted by molar-refractivity contribution is 0.314. The summed E-state index contributed by atoms with van der Waals surface area (Å²) >= 11 is 3.36. The van der Waals surface area contributed by atoms with Gasteiger partial charge in [-0.15, -0.1) is 0 Å². The van der Waals surface area contributed by atoms with Crippen molar-refractivity contribution in [3.8, 4) is 5.75 Å². The maximum absolute atomic E-state index is 8.86. The summed E-state index contributed by atoms with van der Waals surface area (Å²) in [6.45, 7) is 3.80. The van der Waals surface area contributed by atoms with Crippen LogP contribution in [0, 0.1) is 6.61 Å². The Labute approximate surface area is 86.7 Å². The number of ether oxygens (including phenoxy) is 1. The molecule has 1 N–H and O–H groups in total. The van der Waals surface area contributed by atoms with Gasteiger partial charge in [-0.3, -0.25) is 0 Å². The number of rotatable bonds is 4. The summed E-state index contributed by atoms with van der Waals surface area (Å²) in [5, 5.41) is 8.86. The van der Waals surface area contributed by atoms with Crippen molar-refractivity contribution in [2.45, 2.75) is 13.3 Å². The zero-order valence-electron chi connectivity index (χ0n) is 7.46. The third kappa shape index (κ3) is 2.71. The van der Waals surface area contributed by atoms with Crippen LogP contribution >= 0.6 is 15.9 Å². The van der Waals surface area contributed by atoms with Crippen LogP contribution in [0.15, 0.2) is 22.7 Å². The second kappa shape index (κ2) is 5.25. The summed E-state index contributed by atoms with van der Waals surface area (Å²) in [6, 6.07) is 5.52. The molecule has 0 saturated carbocycles. The van der Waals surface area contributed by atoms with Crippen molar-refractivity contribution in [2.75, 3.05) is 6.61 Å². The SMILES string of the molecule is CCCOc1cccc([CH]O)c1Br. The molecular weight excluding hydrogens is 232 g/mol. The molecule has 0 bridgehead atoms. The zero-order valence-corrected chi connectivity index (χ0v) is 9.04. The molecule has 0 aliphatic heterocycles. The van der Waals surface area contributed by atoms with Gasteiger partial charge in [-0.1, -0.05) is 19.1 Å². The Hall–Kier alpha value is -0.540. The molecule has 0 aliphatic carbocycles. The first-order chi connectivity index (χ1) is 6.29. The van der Waals surface area contributed by atoms with Crippen LogP contribution in [0.2, 0.25) is 0 Å². The van der Waals surface area contributed by atoms with Crippen molar-refractivity contribution in [2.24, 2.45) is 0 Å². The van der Waals surface area contributed by atoms with E-state index in [0.29, 0.717) is 6.61 Å². The fourth-order valence-electron chi connectivity index (χ4n) is 0.951. The van der Waals surface area contributed by atoms with Gasteiger partial charge >= 0.3 is 0 Å². The molecule has 0 fully saturated rings. The molecule has 0 atom stereocenters. The van der Waals surface area contributed by atoms with Gasteiger partial charge in [0.2, 0.25) is 0 Å². The van der Waals surface area contributed by atoms with Crippen LogP contribution in [0.5, 0.6) is 5.75 Å². The predicted octanol–water partition coefficient (Wildman–Crippen LogP) is 3.12. The third-order valence-corrected chi connectivity index (χ3v) is 2.44. The van der Waals surface area contributed by atoms with Gasteiger partial charge in [-0.25, -0.2) is 0 Å². The summed E-state index contributed by atoms with van der Waals surface area (Å²) in [7, 11) is 0. The van der Waals surface area contributed by atoms with Crippen molar-refractivity contribution < 1.29 is 9.84 Å². The van der Waals surface area contributed by atoms with Gasteiger partial charge in [0.15, 0.2) is 0 Å². The van der Waals surface area contributed by atoms with E-state index in [1.54, 1.807) is 0 Å². The molecule has 1 radical (unpaired) electrons. The molecule has 71 valence electrons. The molecule has 0 spiro atoms. The van der Waals surface area contributed by atoms with Gasteiger partial charge in [0.05, 0.1) is 11.1 Å². The lowest BCUT2D eigenvalue weighted by Gasteiger charge is -2.08. The van der Waals surface area contributed by atoms with E-state index in [9.17, 15) is 0 Å². The summed E-state index contributed by atoms with van der Waals surface area (Å²) in [5.41, 5.74) is 0.730. The molecule has 0 amide bonds. The van der Waals surface area contributed by atoms with Crippen molar-refractivity contribution >= 4 is 15.9 Å². The topological polar surface area (TPSA) is 29.5 Å². The first-order valence-corrected chi connectivity index (χ1v) is 4.97. The second-order valence-electron chi connectivity index (χ2n) is 2.64. The van der Waals surface area contributed by atoms with E-state index in [4.69, 9.17) is 9.84 Å². The van der Waals surface area contributed by atoms with Crippen LogP contribution in [0.3, 0.4) is 0 Å². The second-order valence-corrected chi connectivity index (χ2v) is 3.43. The molecule has 13 heavy (non-hydrogen) atoms. The molecule has 0 saturated heterocycles. The Balaban J connectivity index is 2.81. The lowest BCUT2D eigenvalue weighted by atomic mass is 10.2. The largest absolute Gasteiger partial charge is 0.492 e. The molecule has 0 heterocycles. The molecule has 0 aliphatic rings. The van der Waals surface area contributed by atoms with Crippen molar-refractivity contribution in [3.63, 3.8) is 0 Å². The molecule has 1 aromatic rings. The fraction of sp³-hybridized carbons (Fsp3) is 0.300. The first kappa shape index (κ1) is 10.5. The van der Waals surface area contributed by atoms with Crippen LogP contribution in [-0.4, -0.2) is 11.7 Å². The third-order valence-electron chi connectivity index (χ3n) is 1.59. The van der Waals surface area contributed by atoms with Gasteiger partial charge in [0.25, 0.3) is 0 Å². The minimum atomic E-state index is 0.688. The summed E-state index contributed by atoms with van der Waals surface area (Å²) in [5.74, 6) is 0.768. The number of aliphatic hydroxyl groups excluding tert-OH is 1. The Morgan fingerprint density at radius 1 is 1.54 bits per heavy atom. The molecular formula is C10H12BrO2. The zero-order chi connectivity index (χ0) is 9.68. The van der Waals surface area contributed by atoms with Crippen molar-refractivity contribution in [3.05, 3.63) is 34.8 Å². The smallest absolute Gasteiger partial charge is 0.133 e. The molecule has 2 nitrogen and oxygen atoms in total. The number of hydrogen-bond donors (Lipinski definition) is 1. The number of halogens is 1. The Bertz CT molecular complexity index is 274. The van der Waals surface area contributed by atoms with E-state index >= 15 is 0 Å². The predicted molar refractivity (Wildman–Crippen MR) is 55.3 cm³/mol. The highest BCUT2D eigenvalue weighted by Gasteiger charge is 2.04. The Morgan fingerprint density at radius 2 is 2.31 bits per heavy atom. The minimum Gasteiger partial charge on any atom is -0.492 e. The average Bonchev–Trinajstić information content (AvgIpc) is 2.16. The van der Waals surface area contributed by atoms with E-state index in [2.05, 4.69) is 22.9 Å². The first-order valence-electron chi connectivity index (χ1n) is 4.18. The van der Waals surface area contributed by atoms with Crippen LogP contribution in [0.1, 0.15) is 18.9 Å². The number of aliphatic hydroxyl groups is 1. The van der Waals surface area contributed by atoms with E-state index in [-0.39, 0.29) is 0 Å². The molecule has 0 unspecified atom stereocenters. The average molecular weight is 244 g/mol. The van der Waals surface area contributed by atoms with E-state index in [1.165, 1.54) is 0 Å². The fourth-order valence-corrected chi connectivity index (χ4v) is 1.43. The minimum absolute atomic E-state index is 0.688. The van der Waals surface area contributed by atoms with Crippen LogP contribution < -0.4 is 4.74 Å².